The Labute approximate surface area is 181 Å². The topological polar surface area (TPSA) is 143 Å². The summed E-state index contributed by atoms with van der Waals surface area (Å²) in [5.41, 5.74) is 0.146. The minimum atomic E-state index is -1.13. The van der Waals surface area contributed by atoms with Crippen LogP contribution < -0.4 is 5.32 Å². The van der Waals surface area contributed by atoms with Gasteiger partial charge in [-0.25, -0.2) is 14.6 Å². The lowest BCUT2D eigenvalue weighted by atomic mass is 9.79. The zero-order chi connectivity index (χ0) is 23.0. The number of nitrogens with zero attached hydrogens (tertiary/aromatic N) is 3. The molecule has 11 heteroatoms. The first-order chi connectivity index (χ1) is 15.4. The standard InChI is InChI=1S/C21H18N4O7/c1-3-32-21(28)16-14(11-5-4-6-12(9-11)25(29)30)15(20(27)31-2)13(10-26)23-17(16)18-19-22-7-8-24(18)19/h4-10,14,18,23H,3H2,1-2H3. The maximum Gasteiger partial charge on any atom is 0.336 e. The van der Waals surface area contributed by atoms with Gasteiger partial charge in [0.15, 0.2) is 6.29 Å². The predicted molar refractivity (Wildman–Crippen MR) is 108 cm³/mol. The van der Waals surface area contributed by atoms with Crippen LogP contribution in [0, 0.1) is 10.1 Å². The molecule has 2 atom stereocenters. The normalized spacial score (nSPS) is 19.1. The molecule has 0 bridgehead atoms. The molecule has 1 aromatic heterocycles. The number of carbonyl (C=O) groups is 3. The smallest absolute Gasteiger partial charge is 0.336 e. The average Bonchev–Trinajstić information content (AvgIpc) is 3.27. The highest BCUT2D eigenvalue weighted by atomic mass is 16.6. The molecule has 0 aliphatic carbocycles. The fourth-order valence-corrected chi connectivity index (χ4v) is 3.92. The third kappa shape index (κ3) is 3.33. The first kappa shape index (κ1) is 21.0. The molecule has 2 aliphatic rings. The second-order valence-corrected chi connectivity index (χ2v) is 6.99. The monoisotopic (exact) mass is 438 g/mol. The maximum atomic E-state index is 13.1. The Bertz CT molecular complexity index is 1190. The number of aromatic nitrogens is 2. The summed E-state index contributed by atoms with van der Waals surface area (Å²) in [6.07, 6.45) is 3.75. The number of non-ortho nitro benzene ring substituents is 1. The van der Waals surface area contributed by atoms with Crippen molar-refractivity contribution in [2.24, 2.45) is 0 Å². The van der Waals surface area contributed by atoms with Crippen molar-refractivity contribution in [1.29, 1.82) is 0 Å². The van der Waals surface area contributed by atoms with Gasteiger partial charge in [0.1, 0.15) is 11.9 Å². The lowest BCUT2D eigenvalue weighted by molar-refractivity contribution is -0.384. The van der Waals surface area contributed by atoms with Crippen molar-refractivity contribution in [2.75, 3.05) is 13.7 Å². The summed E-state index contributed by atoms with van der Waals surface area (Å²) in [6.45, 7) is 1.69. The first-order valence-corrected chi connectivity index (χ1v) is 9.65. The van der Waals surface area contributed by atoms with Crippen LogP contribution in [0.5, 0.6) is 0 Å². The molecule has 2 unspecified atom stereocenters. The molecular formula is C21H18N4O7. The molecule has 0 amide bonds. The van der Waals surface area contributed by atoms with Crippen LogP contribution in [0.4, 0.5) is 5.69 Å². The number of hydrogen-bond acceptors (Lipinski definition) is 9. The van der Waals surface area contributed by atoms with Gasteiger partial charge in [-0.2, -0.15) is 0 Å². The molecule has 4 rings (SSSR count). The van der Waals surface area contributed by atoms with E-state index in [1.165, 1.54) is 24.3 Å². The van der Waals surface area contributed by atoms with Crippen molar-refractivity contribution in [1.82, 2.24) is 14.9 Å². The molecule has 0 radical (unpaired) electrons. The number of nitrogens with one attached hydrogen (secondary N) is 1. The highest BCUT2D eigenvalue weighted by Crippen LogP contribution is 2.47. The number of nitro groups is 1. The van der Waals surface area contributed by atoms with E-state index in [9.17, 15) is 24.5 Å². The number of hydrogen-bond donors (Lipinski definition) is 1. The van der Waals surface area contributed by atoms with E-state index in [4.69, 9.17) is 9.47 Å². The van der Waals surface area contributed by atoms with Gasteiger partial charge in [0.05, 0.1) is 47.1 Å². The maximum absolute atomic E-state index is 13.1. The van der Waals surface area contributed by atoms with Gasteiger partial charge in [-0.15, -0.1) is 0 Å². The zero-order valence-electron chi connectivity index (χ0n) is 17.1. The predicted octanol–water partition coefficient (Wildman–Crippen LogP) is 1.52. The lowest BCUT2D eigenvalue weighted by Crippen LogP contribution is -2.35. The molecule has 0 spiro atoms. The van der Waals surface area contributed by atoms with Gasteiger partial charge in [0.25, 0.3) is 5.69 Å². The summed E-state index contributed by atoms with van der Waals surface area (Å²) in [5.74, 6) is -2.07. The van der Waals surface area contributed by atoms with Crippen molar-refractivity contribution in [3.63, 3.8) is 0 Å². The van der Waals surface area contributed by atoms with Gasteiger partial charge in [0.2, 0.25) is 0 Å². The van der Waals surface area contributed by atoms with Crippen LogP contribution in [0.3, 0.4) is 0 Å². The molecule has 1 aromatic carbocycles. The lowest BCUT2D eigenvalue weighted by Gasteiger charge is -2.30. The Morgan fingerprint density at radius 2 is 2.09 bits per heavy atom. The number of dihydropyridines is 1. The molecule has 32 heavy (non-hydrogen) atoms. The Morgan fingerprint density at radius 3 is 2.69 bits per heavy atom. The van der Waals surface area contributed by atoms with E-state index < -0.39 is 28.8 Å². The second kappa shape index (κ2) is 8.10. The number of carbonyl (C=O) groups excluding carboxylic acids is 3. The number of benzene rings is 1. The van der Waals surface area contributed by atoms with Gasteiger partial charge >= 0.3 is 11.9 Å². The highest BCUT2D eigenvalue weighted by Gasteiger charge is 2.47. The summed E-state index contributed by atoms with van der Waals surface area (Å²) in [5, 5.41) is 14.2. The number of esters is 2. The Morgan fingerprint density at radius 1 is 1.31 bits per heavy atom. The average molecular weight is 438 g/mol. The van der Waals surface area contributed by atoms with Crippen LogP contribution in [-0.4, -0.2) is 46.4 Å². The van der Waals surface area contributed by atoms with E-state index in [2.05, 4.69) is 10.3 Å². The summed E-state index contributed by atoms with van der Waals surface area (Å²) in [4.78, 5) is 52.8. The van der Waals surface area contributed by atoms with Gasteiger partial charge in [-0.05, 0) is 12.5 Å². The van der Waals surface area contributed by atoms with Crippen molar-refractivity contribution in [3.05, 3.63) is 80.7 Å². The van der Waals surface area contributed by atoms with E-state index in [0.717, 1.165) is 7.11 Å². The molecule has 2 aromatic rings. The van der Waals surface area contributed by atoms with Gasteiger partial charge in [0, 0.05) is 24.5 Å². The minimum absolute atomic E-state index is 0.0499. The molecule has 1 N–H and O–H groups in total. The van der Waals surface area contributed by atoms with E-state index in [1.807, 2.05) is 0 Å². The molecule has 0 saturated carbocycles. The Balaban J connectivity index is 1.97. The number of aldehydes is 1. The Kier molecular flexibility index (Phi) is 5.31. The number of ether oxygens (including phenoxy) is 2. The summed E-state index contributed by atoms with van der Waals surface area (Å²) in [6, 6.07) is 5.07. The SMILES string of the molecule is CCOC(=O)C1=C(C2c3nccn32)NC(C=O)=C(C(=O)OC)C1c1cccc([N+](=O)[O-])c1. The van der Waals surface area contributed by atoms with Crippen molar-refractivity contribution >= 4 is 23.9 Å². The van der Waals surface area contributed by atoms with Crippen LogP contribution in [0.2, 0.25) is 0 Å². The number of nitro benzene ring substituents is 1. The second-order valence-electron chi connectivity index (χ2n) is 6.99. The summed E-state index contributed by atoms with van der Waals surface area (Å²) < 4.78 is 11.9. The highest BCUT2D eigenvalue weighted by molar-refractivity contribution is 6.03. The third-order valence-electron chi connectivity index (χ3n) is 5.29. The largest absolute Gasteiger partial charge is 0.466 e. The van der Waals surface area contributed by atoms with Crippen molar-refractivity contribution < 1.29 is 28.8 Å². The molecular weight excluding hydrogens is 420 g/mol. The quantitative estimate of drug-likeness (QED) is 0.294. The molecule has 2 aliphatic heterocycles. The summed E-state index contributed by atoms with van der Waals surface area (Å²) in [7, 11) is 1.14. The van der Waals surface area contributed by atoms with Crippen LogP contribution in [0.15, 0.2) is 59.2 Å². The number of methoxy groups -OCH3 is 1. The number of fused-ring (bicyclic) bond motifs is 1. The number of allylic oxidation sites excluding steroid dienone is 2. The van der Waals surface area contributed by atoms with Crippen LogP contribution in [0.25, 0.3) is 0 Å². The molecule has 11 nitrogen and oxygen atoms in total. The number of rotatable bonds is 7. The van der Waals surface area contributed by atoms with E-state index in [0.29, 0.717) is 17.8 Å². The minimum Gasteiger partial charge on any atom is -0.466 e. The third-order valence-corrected chi connectivity index (χ3v) is 5.29. The molecule has 3 heterocycles. The number of imidazole rings is 1. The molecule has 0 fully saturated rings. The fourth-order valence-electron chi connectivity index (χ4n) is 3.92. The Hall–Kier alpha value is -4.28. The molecule has 164 valence electrons. The van der Waals surface area contributed by atoms with Crippen molar-refractivity contribution in [3.8, 4) is 0 Å². The van der Waals surface area contributed by atoms with Crippen LogP contribution in [0.1, 0.15) is 30.3 Å². The van der Waals surface area contributed by atoms with E-state index in [-0.39, 0.29) is 34.7 Å². The van der Waals surface area contributed by atoms with Crippen molar-refractivity contribution in [2.45, 2.75) is 18.9 Å². The van der Waals surface area contributed by atoms with E-state index >= 15 is 0 Å². The van der Waals surface area contributed by atoms with Crippen LogP contribution in [-0.2, 0) is 23.9 Å². The van der Waals surface area contributed by atoms with Gasteiger partial charge in [-0.1, -0.05) is 12.1 Å². The summed E-state index contributed by atoms with van der Waals surface area (Å²) >= 11 is 0. The van der Waals surface area contributed by atoms with Gasteiger partial charge < -0.3 is 19.4 Å². The molecule has 0 saturated heterocycles. The zero-order valence-corrected chi connectivity index (χ0v) is 17.1. The first-order valence-electron chi connectivity index (χ1n) is 9.65. The van der Waals surface area contributed by atoms with E-state index in [1.54, 1.807) is 23.9 Å². The van der Waals surface area contributed by atoms with Crippen LogP contribution >= 0.6 is 0 Å². The van der Waals surface area contributed by atoms with Gasteiger partial charge in [-0.3, -0.25) is 14.9 Å². The fraction of sp³-hybridized carbons (Fsp3) is 0.238.